The van der Waals surface area contributed by atoms with Gasteiger partial charge in [-0.2, -0.15) is 19.0 Å². The summed E-state index contributed by atoms with van der Waals surface area (Å²) in [7, 11) is -4.94. The van der Waals surface area contributed by atoms with Crippen LogP contribution in [-0.4, -0.2) is 80.7 Å². The van der Waals surface area contributed by atoms with Gasteiger partial charge in [-0.15, -0.1) is 15.6 Å². The third kappa shape index (κ3) is 8.13. The first kappa shape index (κ1) is 32.0. The third-order valence-electron chi connectivity index (χ3n) is 6.18. The van der Waals surface area contributed by atoms with E-state index in [1.54, 1.807) is 23.7 Å². The number of hydroxylamine groups is 3. The zero-order valence-corrected chi connectivity index (χ0v) is 24.8. The Kier molecular flexibility index (Phi) is 10.1. The molecule has 0 spiro atoms. The molecule has 20 heteroatoms. The number of aromatic nitrogens is 4. The van der Waals surface area contributed by atoms with Crippen LogP contribution in [0.1, 0.15) is 32.0 Å². The fourth-order valence-corrected chi connectivity index (χ4v) is 5.04. The number of nitrogens with zero attached hydrogens (tertiary/aromatic N) is 5. The van der Waals surface area contributed by atoms with E-state index in [0.717, 1.165) is 24.3 Å². The molecule has 8 N–H and O–H groups in total. The van der Waals surface area contributed by atoms with E-state index < -0.39 is 39.8 Å². The summed E-state index contributed by atoms with van der Waals surface area (Å²) >= 11 is 1.10. The highest BCUT2D eigenvalue weighted by Gasteiger charge is 2.58. The first-order chi connectivity index (χ1) is 20.4. The number of ether oxygens (including phenoxy) is 1. The molecule has 0 bridgehead atoms. The zero-order chi connectivity index (χ0) is 31.2. The number of carbonyl (C=O) groups is 2. The van der Waals surface area contributed by atoms with Crippen molar-refractivity contribution in [3.8, 4) is 5.75 Å². The molecule has 1 aliphatic heterocycles. The minimum absolute atomic E-state index is 0.00576. The maximum atomic E-state index is 13.1. The molecule has 18 nitrogen and oxygen atoms in total. The molecule has 0 aliphatic carbocycles. The monoisotopic (exact) mass is 640 g/mol. The summed E-state index contributed by atoms with van der Waals surface area (Å²) < 4.78 is 42.9. The molecule has 2 unspecified atom stereocenters. The minimum Gasteiger partial charge on any atom is -0.489 e. The number of nitrogen functional groups attached to an aromatic ring is 1. The van der Waals surface area contributed by atoms with E-state index in [0.29, 0.717) is 29.1 Å². The Morgan fingerprint density at radius 2 is 2.07 bits per heavy atom. The highest BCUT2D eigenvalue weighted by molar-refractivity contribution is 7.80. The standard InChI is InChI=1S/C23H32N10O8S2/c1-23(2)18(20(35)33(23)41-43(36,37)38)30-19(34)17(15-13-42-21(25)28-15)31-40-11-10-39-14-4-5-16(27-12-14)29-22-26-7-9-32(22)8-3-6-24/h4-5,7,9,12-13,17-18,31H,3,6,8,10-11,24H2,1-2H3,(H2,25,28)(H,30,34)(H,26,27,29)(H,36,37,38). The second-order valence-electron chi connectivity index (χ2n) is 9.68. The molecule has 3 aromatic rings. The van der Waals surface area contributed by atoms with Gasteiger partial charge in [0.05, 0.1) is 17.4 Å². The highest BCUT2D eigenvalue weighted by atomic mass is 32.3. The van der Waals surface area contributed by atoms with Crippen LogP contribution >= 0.6 is 11.3 Å². The average molecular weight is 641 g/mol. The van der Waals surface area contributed by atoms with E-state index in [4.69, 9.17) is 25.6 Å². The number of nitrogens with two attached hydrogens (primary N) is 2. The number of imidazole rings is 1. The fraction of sp³-hybridized carbons (Fsp3) is 0.435. The Bertz CT molecular complexity index is 1510. The number of hydrogen-bond acceptors (Lipinski definition) is 15. The number of pyridine rings is 1. The van der Waals surface area contributed by atoms with E-state index in [1.165, 1.54) is 20.0 Å². The maximum Gasteiger partial charge on any atom is 0.418 e. The predicted octanol–water partition coefficient (Wildman–Crippen LogP) is -0.109. The van der Waals surface area contributed by atoms with E-state index in [1.807, 2.05) is 10.8 Å². The van der Waals surface area contributed by atoms with Gasteiger partial charge in [0.15, 0.2) is 11.2 Å². The van der Waals surface area contributed by atoms with Crippen molar-refractivity contribution in [3.63, 3.8) is 0 Å². The van der Waals surface area contributed by atoms with E-state index >= 15 is 0 Å². The van der Waals surface area contributed by atoms with Crippen molar-refractivity contribution in [2.24, 2.45) is 5.73 Å². The average Bonchev–Trinajstić information content (AvgIpc) is 3.59. The van der Waals surface area contributed by atoms with Gasteiger partial charge in [0.25, 0.3) is 5.91 Å². The minimum atomic E-state index is -4.94. The first-order valence-corrected chi connectivity index (χ1v) is 15.1. The maximum absolute atomic E-state index is 13.1. The van der Waals surface area contributed by atoms with Gasteiger partial charge in [-0.3, -0.25) is 19.0 Å². The number of rotatable bonds is 16. The summed E-state index contributed by atoms with van der Waals surface area (Å²) in [6.07, 6.45) is 5.89. The molecule has 234 valence electrons. The molecular weight excluding hydrogens is 608 g/mol. The molecule has 1 aliphatic rings. The van der Waals surface area contributed by atoms with Gasteiger partial charge in [0.2, 0.25) is 11.9 Å². The topological polar surface area (TPSA) is 251 Å². The van der Waals surface area contributed by atoms with Crippen LogP contribution in [0.15, 0.2) is 36.1 Å². The number of amides is 2. The van der Waals surface area contributed by atoms with Gasteiger partial charge in [-0.05, 0) is 38.9 Å². The summed E-state index contributed by atoms with van der Waals surface area (Å²) in [6, 6.07) is 1.10. The van der Waals surface area contributed by atoms with Crippen LogP contribution in [0.2, 0.25) is 0 Å². The van der Waals surface area contributed by atoms with Crippen LogP contribution in [-0.2, 0) is 35.7 Å². The Morgan fingerprint density at radius 3 is 2.70 bits per heavy atom. The van der Waals surface area contributed by atoms with Gasteiger partial charge in [0.1, 0.15) is 30.8 Å². The number of nitrogens with one attached hydrogen (secondary N) is 3. The van der Waals surface area contributed by atoms with Crippen LogP contribution in [0.4, 0.5) is 16.9 Å². The molecule has 2 atom stereocenters. The number of hydrogen-bond donors (Lipinski definition) is 6. The molecular formula is C23H32N10O8S2. The predicted molar refractivity (Wildman–Crippen MR) is 153 cm³/mol. The number of carbonyl (C=O) groups excluding carboxylic acids is 2. The highest BCUT2D eigenvalue weighted by Crippen LogP contribution is 2.33. The molecule has 43 heavy (non-hydrogen) atoms. The molecule has 2 amide bonds. The summed E-state index contributed by atoms with van der Waals surface area (Å²) in [5.41, 5.74) is 12.8. The molecule has 1 saturated heterocycles. The molecule has 0 radical (unpaired) electrons. The molecule has 4 rings (SSSR count). The van der Waals surface area contributed by atoms with Gasteiger partial charge in [0, 0.05) is 24.3 Å². The summed E-state index contributed by atoms with van der Waals surface area (Å²) in [6.45, 7) is 4.29. The molecule has 0 saturated carbocycles. The summed E-state index contributed by atoms with van der Waals surface area (Å²) in [5.74, 6) is 0.101. The molecule has 3 aromatic heterocycles. The van der Waals surface area contributed by atoms with Crippen molar-refractivity contribution in [2.75, 3.05) is 30.8 Å². The van der Waals surface area contributed by atoms with Crippen molar-refractivity contribution < 1.29 is 36.4 Å². The van der Waals surface area contributed by atoms with Crippen molar-refractivity contribution in [1.29, 1.82) is 0 Å². The van der Waals surface area contributed by atoms with Gasteiger partial charge < -0.3 is 31.4 Å². The van der Waals surface area contributed by atoms with E-state index in [2.05, 4.69) is 35.3 Å². The molecule has 4 heterocycles. The smallest absolute Gasteiger partial charge is 0.418 e. The number of anilines is 3. The van der Waals surface area contributed by atoms with Crippen molar-refractivity contribution >= 4 is 50.4 Å². The van der Waals surface area contributed by atoms with Crippen LogP contribution in [0.3, 0.4) is 0 Å². The van der Waals surface area contributed by atoms with Gasteiger partial charge in [-0.1, -0.05) is 0 Å². The lowest BCUT2D eigenvalue weighted by molar-refractivity contribution is -0.219. The third-order valence-corrected chi connectivity index (χ3v) is 7.21. The number of thiazole rings is 1. The largest absolute Gasteiger partial charge is 0.489 e. The van der Waals surface area contributed by atoms with Gasteiger partial charge >= 0.3 is 10.4 Å². The lowest BCUT2D eigenvalue weighted by Gasteiger charge is -2.50. The Labute approximate surface area is 250 Å². The Morgan fingerprint density at radius 1 is 1.28 bits per heavy atom. The lowest BCUT2D eigenvalue weighted by Crippen LogP contribution is -2.76. The van der Waals surface area contributed by atoms with E-state index in [-0.39, 0.29) is 24.0 Å². The Balaban J connectivity index is 1.27. The summed E-state index contributed by atoms with van der Waals surface area (Å²) in [5, 5.41) is 7.86. The van der Waals surface area contributed by atoms with Crippen LogP contribution < -0.4 is 32.3 Å². The number of β-lactam (4-membered cyclic amide) rings is 1. The van der Waals surface area contributed by atoms with Crippen molar-refractivity contribution in [1.82, 2.24) is 35.4 Å². The molecule has 1 fully saturated rings. The first-order valence-electron chi connectivity index (χ1n) is 12.9. The van der Waals surface area contributed by atoms with Crippen LogP contribution in [0.25, 0.3) is 0 Å². The SMILES string of the molecule is CC1(C)C(NC(=O)C(NOCCOc2ccc(Nc3nccn3CCCN)nc2)c2csc(N)n2)C(=O)N1OS(=O)(=O)O. The van der Waals surface area contributed by atoms with E-state index in [9.17, 15) is 18.0 Å². The quantitative estimate of drug-likeness (QED) is 0.0517. The van der Waals surface area contributed by atoms with Crippen LogP contribution in [0, 0.1) is 0 Å². The number of aryl methyl sites for hydroxylation is 1. The molecule has 0 aromatic carbocycles. The summed E-state index contributed by atoms with van der Waals surface area (Å²) in [4.78, 5) is 43.7. The second kappa shape index (κ2) is 13.6. The Hall–Kier alpha value is -3.92. The second-order valence-corrected chi connectivity index (χ2v) is 11.6. The van der Waals surface area contributed by atoms with Crippen molar-refractivity contribution in [2.45, 2.75) is 44.4 Å². The van der Waals surface area contributed by atoms with Crippen LogP contribution in [0.5, 0.6) is 5.75 Å². The van der Waals surface area contributed by atoms with Gasteiger partial charge in [-0.25, -0.2) is 15.0 Å². The fourth-order valence-electron chi connectivity index (χ4n) is 4.00. The normalized spacial score (nSPS) is 16.9. The lowest BCUT2D eigenvalue weighted by atomic mass is 9.84. The zero-order valence-electron chi connectivity index (χ0n) is 23.2. The van der Waals surface area contributed by atoms with Crippen molar-refractivity contribution in [3.05, 3.63) is 41.8 Å².